The van der Waals surface area contributed by atoms with E-state index in [9.17, 15) is 4.79 Å². The van der Waals surface area contributed by atoms with Crippen molar-refractivity contribution in [1.82, 2.24) is 0 Å². The summed E-state index contributed by atoms with van der Waals surface area (Å²) in [5.74, 6) is 0.766. The Morgan fingerprint density at radius 3 is 2.59 bits per heavy atom. The van der Waals surface area contributed by atoms with Gasteiger partial charge >= 0.3 is 5.97 Å². The Labute approximate surface area is 111 Å². The molecule has 0 bridgehead atoms. The molecule has 1 aromatic rings. The van der Waals surface area contributed by atoms with Crippen molar-refractivity contribution in [3.63, 3.8) is 0 Å². The predicted molar refractivity (Wildman–Crippen MR) is 73.6 cm³/mol. The third-order valence-corrected chi connectivity index (χ3v) is 3.48. The zero-order valence-corrected chi connectivity index (χ0v) is 11.2. The second-order valence-electron chi connectivity index (χ2n) is 3.53. The standard InChI is InChI=1S/C13H15ClO2S/c1-2-11(13(15)16)7-8-17-9-10-3-5-12(14)6-4-10/h3-7H,2,8-9H2,1H3,(H,15,16)/b11-7-. The molecule has 0 atom stereocenters. The lowest BCUT2D eigenvalue weighted by molar-refractivity contribution is -0.132. The Morgan fingerprint density at radius 1 is 1.41 bits per heavy atom. The van der Waals surface area contributed by atoms with E-state index in [2.05, 4.69) is 0 Å². The van der Waals surface area contributed by atoms with Crippen molar-refractivity contribution < 1.29 is 9.90 Å². The van der Waals surface area contributed by atoms with Gasteiger partial charge in [-0.2, -0.15) is 11.8 Å². The summed E-state index contributed by atoms with van der Waals surface area (Å²) in [5.41, 5.74) is 1.68. The van der Waals surface area contributed by atoms with Gasteiger partial charge < -0.3 is 5.11 Å². The highest BCUT2D eigenvalue weighted by Gasteiger charge is 2.02. The number of aliphatic carboxylic acids is 1. The highest BCUT2D eigenvalue weighted by Crippen LogP contribution is 2.16. The monoisotopic (exact) mass is 270 g/mol. The summed E-state index contributed by atoms with van der Waals surface area (Å²) in [6, 6.07) is 7.69. The van der Waals surface area contributed by atoms with E-state index in [1.165, 1.54) is 5.56 Å². The van der Waals surface area contributed by atoms with E-state index in [1.54, 1.807) is 17.8 Å². The molecule has 2 nitrogen and oxygen atoms in total. The van der Waals surface area contributed by atoms with Crippen LogP contribution in [0.5, 0.6) is 0 Å². The van der Waals surface area contributed by atoms with Crippen molar-refractivity contribution in [2.75, 3.05) is 5.75 Å². The van der Waals surface area contributed by atoms with Crippen LogP contribution in [0.2, 0.25) is 5.02 Å². The zero-order chi connectivity index (χ0) is 12.7. The van der Waals surface area contributed by atoms with Crippen LogP contribution in [-0.2, 0) is 10.5 Å². The van der Waals surface area contributed by atoms with Gasteiger partial charge in [0.2, 0.25) is 0 Å². The minimum absolute atomic E-state index is 0.480. The Morgan fingerprint density at radius 2 is 2.06 bits per heavy atom. The van der Waals surface area contributed by atoms with Crippen molar-refractivity contribution in [2.45, 2.75) is 19.1 Å². The fraction of sp³-hybridized carbons (Fsp3) is 0.308. The molecule has 0 amide bonds. The Kier molecular flexibility index (Phi) is 6.16. The average Bonchev–Trinajstić information content (AvgIpc) is 2.31. The summed E-state index contributed by atoms with van der Waals surface area (Å²) < 4.78 is 0. The number of benzene rings is 1. The predicted octanol–water partition coefficient (Wildman–Crippen LogP) is 3.99. The summed E-state index contributed by atoms with van der Waals surface area (Å²) in [5, 5.41) is 9.56. The van der Waals surface area contributed by atoms with Crippen LogP contribution >= 0.6 is 23.4 Å². The highest BCUT2D eigenvalue weighted by molar-refractivity contribution is 7.98. The van der Waals surface area contributed by atoms with Gasteiger partial charge in [0, 0.05) is 22.1 Å². The summed E-state index contributed by atoms with van der Waals surface area (Å²) in [7, 11) is 0. The number of carboxylic acids is 1. The van der Waals surface area contributed by atoms with Crippen LogP contribution in [0.1, 0.15) is 18.9 Å². The number of thioether (sulfide) groups is 1. The molecular formula is C13H15ClO2S. The fourth-order valence-electron chi connectivity index (χ4n) is 1.30. The molecular weight excluding hydrogens is 256 g/mol. The molecule has 92 valence electrons. The third-order valence-electron chi connectivity index (χ3n) is 2.29. The second-order valence-corrected chi connectivity index (χ2v) is 5.00. The van der Waals surface area contributed by atoms with Crippen LogP contribution in [0.25, 0.3) is 0 Å². The summed E-state index contributed by atoms with van der Waals surface area (Å²) in [6.07, 6.45) is 2.35. The molecule has 0 aromatic heterocycles. The smallest absolute Gasteiger partial charge is 0.331 e. The lowest BCUT2D eigenvalue weighted by atomic mass is 10.2. The molecule has 0 spiro atoms. The molecule has 0 aliphatic heterocycles. The molecule has 17 heavy (non-hydrogen) atoms. The minimum Gasteiger partial charge on any atom is -0.478 e. The SMILES string of the molecule is CC/C(=C/CSCc1ccc(Cl)cc1)C(=O)O. The molecule has 0 aliphatic rings. The maximum atomic E-state index is 10.7. The number of hydrogen-bond acceptors (Lipinski definition) is 2. The van der Waals surface area contributed by atoms with Crippen LogP contribution in [0.3, 0.4) is 0 Å². The molecule has 0 heterocycles. The number of hydrogen-bond donors (Lipinski definition) is 1. The first kappa shape index (κ1) is 14.1. The van der Waals surface area contributed by atoms with Gasteiger partial charge in [0.25, 0.3) is 0 Å². The maximum absolute atomic E-state index is 10.7. The van der Waals surface area contributed by atoms with Crippen molar-refractivity contribution in [3.8, 4) is 0 Å². The molecule has 0 saturated carbocycles. The average molecular weight is 271 g/mol. The van der Waals surface area contributed by atoms with Gasteiger partial charge in [-0.3, -0.25) is 0 Å². The highest BCUT2D eigenvalue weighted by atomic mass is 35.5. The summed E-state index contributed by atoms with van der Waals surface area (Å²) >= 11 is 7.48. The van der Waals surface area contributed by atoms with Crippen molar-refractivity contribution in [1.29, 1.82) is 0 Å². The van der Waals surface area contributed by atoms with Gasteiger partial charge in [-0.15, -0.1) is 0 Å². The zero-order valence-electron chi connectivity index (χ0n) is 9.65. The van der Waals surface area contributed by atoms with Crippen molar-refractivity contribution >= 4 is 29.3 Å². The van der Waals surface area contributed by atoms with E-state index in [0.29, 0.717) is 12.0 Å². The topological polar surface area (TPSA) is 37.3 Å². The first-order valence-electron chi connectivity index (χ1n) is 5.38. The Balaban J connectivity index is 2.37. The van der Waals surface area contributed by atoms with Crippen LogP contribution in [0.15, 0.2) is 35.9 Å². The van der Waals surface area contributed by atoms with Crippen LogP contribution in [-0.4, -0.2) is 16.8 Å². The molecule has 0 aliphatic carbocycles. The van der Waals surface area contributed by atoms with Gasteiger partial charge in [-0.25, -0.2) is 4.79 Å². The molecule has 1 rings (SSSR count). The van der Waals surface area contributed by atoms with Gasteiger partial charge in [-0.05, 0) is 24.1 Å². The van der Waals surface area contributed by atoms with E-state index in [-0.39, 0.29) is 0 Å². The van der Waals surface area contributed by atoms with Crippen molar-refractivity contribution in [2.24, 2.45) is 0 Å². The Hall–Kier alpha value is -0.930. The first-order valence-corrected chi connectivity index (χ1v) is 6.91. The summed E-state index contributed by atoms with van der Waals surface area (Å²) in [6.45, 7) is 1.85. The molecule has 1 N–H and O–H groups in total. The van der Waals surface area contributed by atoms with Gasteiger partial charge in [0.15, 0.2) is 0 Å². The Bertz CT molecular complexity index is 398. The molecule has 0 fully saturated rings. The van der Waals surface area contributed by atoms with Crippen molar-refractivity contribution in [3.05, 3.63) is 46.5 Å². The fourth-order valence-corrected chi connectivity index (χ4v) is 2.29. The van der Waals surface area contributed by atoms with Crippen LogP contribution < -0.4 is 0 Å². The molecule has 4 heteroatoms. The third kappa shape index (κ3) is 5.29. The lowest BCUT2D eigenvalue weighted by Crippen LogP contribution is -1.99. The van der Waals surface area contributed by atoms with Gasteiger partial charge in [0.1, 0.15) is 0 Å². The van der Waals surface area contributed by atoms with E-state index in [0.717, 1.165) is 16.5 Å². The minimum atomic E-state index is -0.820. The van der Waals surface area contributed by atoms with Crippen LogP contribution in [0.4, 0.5) is 0 Å². The largest absolute Gasteiger partial charge is 0.478 e. The van der Waals surface area contributed by atoms with Gasteiger partial charge in [-0.1, -0.05) is 36.7 Å². The van der Waals surface area contributed by atoms with E-state index in [4.69, 9.17) is 16.7 Å². The first-order chi connectivity index (χ1) is 8.13. The number of halogens is 1. The molecule has 0 saturated heterocycles. The second kappa shape index (κ2) is 7.41. The van der Waals surface area contributed by atoms with E-state index >= 15 is 0 Å². The summed E-state index contributed by atoms with van der Waals surface area (Å²) in [4.78, 5) is 10.7. The molecule has 0 radical (unpaired) electrons. The maximum Gasteiger partial charge on any atom is 0.331 e. The number of rotatable bonds is 6. The number of carbonyl (C=O) groups is 1. The molecule has 0 unspecified atom stereocenters. The van der Waals surface area contributed by atoms with E-state index < -0.39 is 5.97 Å². The van der Waals surface area contributed by atoms with Crippen LogP contribution in [0, 0.1) is 0 Å². The van der Waals surface area contributed by atoms with E-state index in [1.807, 2.05) is 31.2 Å². The number of carboxylic acid groups (broad SMARTS) is 1. The van der Waals surface area contributed by atoms with Gasteiger partial charge in [0.05, 0.1) is 0 Å². The quantitative estimate of drug-likeness (QED) is 0.627. The molecule has 1 aromatic carbocycles. The lowest BCUT2D eigenvalue weighted by Gasteiger charge is -2.01. The normalized spacial score (nSPS) is 11.5.